The minimum atomic E-state index is -0.909. The van der Waals surface area contributed by atoms with E-state index in [1.165, 1.54) is 22.5 Å². The van der Waals surface area contributed by atoms with E-state index in [9.17, 15) is 14.7 Å². The first-order chi connectivity index (χ1) is 14.1. The number of furan rings is 1. The number of amides is 1. The van der Waals surface area contributed by atoms with E-state index in [1.54, 1.807) is 54.1 Å². The number of thiazole rings is 1. The van der Waals surface area contributed by atoms with Crippen molar-refractivity contribution in [3.05, 3.63) is 83.8 Å². The zero-order valence-corrected chi connectivity index (χ0v) is 16.0. The molecule has 0 radical (unpaired) electrons. The molecular weight excluding hydrogens is 392 g/mol. The van der Waals surface area contributed by atoms with Gasteiger partial charge < -0.3 is 14.3 Å². The quantitative estimate of drug-likeness (QED) is 0.288. The maximum Gasteiger partial charge on any atom is 0.302 e. The molecule has 1 atom stereocenters. The molecule has 7 nitrogen and oxygen atoms in total. The average molecular weight is 408 g/mol. The van der Waals surface area contributed by atoms with Gasteiger partial charge in [-0.3, -0.25) is 14.5 Å². The number of carbonyl (C=O) groups is 2. The third kappa shape index (κ3) is 3.34. The summed E-state index contributed by atoms with van der Waals surface area (Å²) in [6, 6.07) is 8.95. The summed E-state index contributed by atoms with van der Waals surface area (Å²) in [6.45, 7) is 3.94. The molecule has 146 valence electrons. The second-order valence-electron chi connectivity index (χ2n) is 6.12. The van der Waals surface area contributed by atoms with Crippen molar-refractivity contribution in [3.63, 3.8) is 0 Å². The predicted molar refractivity (Wildman–Crippen MR) is 108 cm³/mol. The highest BCUT2D eigenvalue weighted by atomic mass is 32.1. The molecule has 1 aromatic carbocycles. The van der Waals surface area contributed by atoms with Crippen LogP contribution in [0.15, 0.2) is 76.9 Å². The van der Waals surface area contributed by atoms with Crippen LogP contribution in [0.1, 0.15) is 17.4 Å². The van der Waals surface area contributed by atoms with Crippen molar-refractivity contribution in [3.8, 4) is 5.75 Å². The van der Waals surface area contributed by atoms with Crippen LogP contribution in [0.5, 0.6) is 5.75 Å². The topological polar surface area (TPSA) is 92.9 Å². The third-order valence-corrected chi connectivity index (χ3v) is 5.15. The molecule has 3 aromatic rings. The first-order valence-electron chi connectivity index (χ1n) is 8.70. The summed E-state index contributed by atoms with van der Waals surface area (Å²) in [6.07, 6.45) is 4.61. The summed E-state index contributed by atoms with van der Waals surface area (Å²) in [4.78, 5) is 31.0. The number of ketones is 1. The molecule has 1 saturated heterocycles. The molecule has 0 spiro atoms. The Labute approximate surface area is 170 Å². The molecule has 1 unspecified atom stereocenters. The highest BCUT2D eigenvalue weighted by Crippen LogP contribution is 2.42. The van der Waals surface area contributed by atoms with Crippen molar-refractivity contribution in [2.45, 2.75) is 6.04 Å². The summed E-state index contributed by atoms with van der Waals surface area (Å²) >= 11 is 1.22. The Hall–Kier alpha value is -3.65. The summed E-state index contributed by atoms with van der Waals surface area (Å²) in [5.74, 6) is -0.918. The van der Waals surface area contributed by atoms with E-state index in [2.05, 4.69) is 11.6 Å². The first-order valence-corrected chi connectivity index (χ1v) is 9.58. The Morgan fingerprint density at radius 1 is 1.31 bits per heavy atom. The SMILES string of the molecule is C=CCOc1ccc(C(O)=C2C(=O)C(=O)N(c3nccs3)C2c2ccco2)cc1. The lowest BCUT2D eigenvalue weighted by molar-refractivity contribution is -0.132. The van der Waals surface area contributed by atoms with E-state index >= 15 is 0 Å². The Kier molecular flexibility index (Phi) is 5.01. The molecule has 1 aliphatic rings. The van der Waals surface area contributed by atoms with Crippen molar-refractivity contribution in [2.24, 2.45) is 0 Å². The fourth-order valence-electron chi connectivity index (χ4n) is 3.10. The van der Waals surface area contributed by atoms with Gasteiger partial charge in [-0.05, 0) is 36.4 Å². The van der Waals surface area contributed by atoms with Gasteiger partial charge in [0.15, 0.2) is 5.13 Å². The standard InChI is InChI=1S/C21H16N2O5S/c1-2-10-27-14-7-5-13(6-8-14)18(24)16-17(15-4-3-11-28-15)23(20(26)19(16)25)21-22-9-12-29-21/h2-9,11-12,17,24H,1,10H2. The molecule has 4 rings (SSSR count). The summed E-state index contributed by atoms with van der Waals surface area (Å²) in [5.41, 5.74) is 0.324. The van der Waals surface area contributed by atoms with Crippen LogP contribution in [0, 0.1) is 0 Å². The molecule has 0 saturated carbocycles. The van der Waals surface area contributed by atoms with E-state index in [1.807, 2.05) is 0 Å². The highest BCUT2D eigenvalue weighted by molar-refractivity contribution is 7.14. The first kappa shape index (κ1) is 18.7. The number of rotatable bonds is 6. The van der Waals surface area contributed by atoms with Crippen molar-refractivity contribution >= 4 is 33.9 Å². The van der Waals surface area contributed by atoms with E-state index in [-0.39, 0.29) is 11.3 Å². The molecule has 8 heteroatoms. The van der Waals surface area contributed by atoms with Crippen LogP contribution in [-0.4, -0.2) is 28.4 Å². The second-order valence-corrected chi connectivity index (χ2v) is 7.00. The zero-order chi connectivity index (χ0) is 20.4. The summed E-state index contributed by atoms with van der Waals surface area (Å²) < 4.78 is 10.9. The molecule has 0 bridgehead atoms. The molecule has 3 heterocycles. The van der Waals surface area contributed by atoms with Gasteiger partial charge in [0.25, 0.3) is 5.78 Å². The number of hydrogen-bond donors (Lipinski definition) is 1. The van der Waals surface area contributed by atoms with Gasteiger partial charge in [0.2, 0.25) is 0 Å². The number of ether oxygens (including phenoxy) is 1. The Morgan fingerprint density at radius 3 is 2.72 bits per heavy atom. The zero-order valence-electron chi connectivity index (χ0n) is 15.1. The molecular formula is C21H16N2O5S. The van der Waals surface area contributed by atoms with Gasteiger partial charge in [-0.25, -0.2) is 4.98 Å². The number of anilines is 1. The minimum absolute atomic E-state index is 0.0556. The normalized spacial score (nSPS) is 18.2. The van der Waals surface area contributed by atoms with Gasteiger partial charge in [0.05, 0.1) is 11.8 Å². The molecule has 1 amide bonds. The van der Waals surface area contributed by atoms with Crippen molar-refractivity contribution in [1.82, 2.24) is 4.98 Å². The number of nitrogens with zero attached hydrogens (tertiary/aromatic N) is 2. The molecule has 1 N–H and O–H groups in total. The van der Waals surface area contributed by atoms with E-state index < -0.39 is 17.7 Å². The number of hydrogen-bond acceptors (Lipinski definition) is 7. The van der Waals surface area contributed by atoms with E-state index in [4.69, 9.17) is 9.15 Å². The number of Topliss-reactive ketones (excluding diaryl/α,β-unsaturated/α-hetero) is 1. The minimum Gasteiger partial charge on any atom is -0.507 e. The van der Waals surface area contributed by atoms with Crippen LogP contribution in [0.4, 0.5) is 5.13 Å². The maximum absolute atomic E-state index is 12.8. The largest absolute Gasteiger partial charge is 0.507 e. The second kappa shape index (κ2) is 7.76. The summed E-state index contributed by atoms with van der Waals surface area (Å²) in [5, 5.41) is 13.0. The van der Waals surface area contributed by atoms with Gasteiger partial charge in [-0.15, -0.1) is 11.3 Å². The smallest absolute Gasteiger partial charge is 0.302 e. The number of carbonyl (C=O) groups excluding carboxylic acids is 2. The van der Waals surface area contributed by atoms with Gasteiger partial charge in [-0.1, -0.05) is 12.7 Å². The van der Waals surface area contributed by atoms with Crippen LogP contribution in [-0.2, 0) is 9.59 Å². The van der Waals surface area contributed by atoms with Crippen LogP contribution >= 0.6 is 11.3 Å². The molecule has 2 aromatic heterocycles. The summed E-state index contributed by atoms with van der Waals surface area (Å²) in [7, 11) is 0. The van der Waals surface area contributed by atoms with Gasteiger partial charge in [0.1, 0.15) is 29.9 Å². The lowest BCUT2D eigenvalue weighted by atomic mass is 9.99. The third-order valence-electron chi connectivity index (χ3n) is 4.38. The monoisotopic (exact) mass is 408 g/mol. The Bertz CT molecular complexity index is 1070. The highest BCUT2D eigenvalue weighted by Gasteiger charge is 2.49. The van der Waals surface area contributed by atoms with Gasteiger partial charge in [-0.2, -0.15) is 0 Å². The molecule has 1 fully saturated rings. The Balaban J connectivity index is 1.80. The number of benzene rings is 1. The Morgan fingerprint density at radius 2 is 2.10 bits per heavy atom. The molecule has 29 heavy (non-hydrogen) atoms. The van der Waals surface area contributed by atoms with Gasteiger partial charge >= 0.3 is 5.91 Å². The van der Waals surface area contributed by atoms with Crippen molar-refractivity contribution in [2.75, 3.05) is 11.5 Å². The maximum atomic E-state index is 12.8. The van der Waals surface area contributed by atoms with Crippen LogP contribution < -0.4 is 9.64 Å². The fourth-order valence-corrected chi connectivity index (χ4v) is 3.77. The lowest BCUT2D eigenvalue weighted by Gasteiger charge is -2.20. The average Bonchev–Trinajstić information content (AvgIpc) is 3.48. The fraction of sp³-hybridized carbons (Fsp3) is 0.0952. The van der Waals surface area contributed by atoms with Crippen molar-refractivity contribution in [1.29, 1.82) is 0 Å². The number of aromatic nitrogens is 1. The predicted octanol–water partition coefficient (Wildman–Crippen LogP) is 3.93. The lowest BCUT2D eigenvalue weighted by Crippen LogP contribution is -2.29. The molecule has 0 aliphatic carbocycles. The van der Waals surface area contributed by atoms with E-state index in [0.717, 1.165) is 0 Å². The van der Waals surface area contributed by atoms with Crippen molar-refractivity contribution < 1.29 is 23.8 Å². The van der Waals surface area contributed by atoms with E-state index in [0.29, 0.717) is 28.8 Å². The molecule has 1 aliphatic heterocycles. The number of aliphatic hydroxyl groups is 1. The number of aliphatic hydroxyl groups excluding tert-OH is 1. The van der Waals surface area contributed by atoms with Crippen LogP contribution in [0.25, 0.3) is 5.76 Å². The van der Waals surface area contributed by atoms with Gasteiger partial charge in [0, 0.05) is 17.1 Å². The van der Waals surface area contributed by atoms with Crippen LogP contribution in [0.2, 0.25) is 0 Å². The van der Waals surface area contributed by atoms with Crippen LogP contribution in [0.3, 0.4) is 0 Å².